The first-order valence-corrected chi connectivity index (χ1v) is 14.7. The normalized spacial score (nSPS) is 13.3. The Kier molecular flexibility index (Phi) is 5.51. The van der Waals surface area contributed by atoms with Crippen LogP contribution in [0.4, 0.5) is 0 Å². The van der Waals surface area contributed by atoms with Gasteiger partial charge in [0.05, 0.1) is 34.3 Å². The number of rotatable bonds is 4. The molecule has 1 aliphatic rings. The van der Waals surface area contributed by atoms with Crippen LogP contribution in [0.15, 0.2) is 103 Å². The molecule has 5 heteroatoms. The van der Waals surface area contributed by atoms with Crippen molar-refractivity contribution in [2.24, 2.45) is 0 Å². The van der Waals surface area contributed by atoms with E-state index in [1.807, 2.05) is 12.3 Å². The summed E-state index contributed by atoms with van der Waals surface area (Å²) in [5.41, 5.74) is 8.38. The summed E-state index contributed by atoms with van der Waals surface area (Å²) in [6.45, 7) is 7.70. The fourth-order valence-corrected chi connectivity index (χ4v) is 6.37. The molecule has 1 aliphatic heterocycles. The van der Waals surface area contributed by atoms with E-state index in [4.69, 9.17) is 9.72 Å². The monoisotopic (exact) mass is 548 g/mol. The third kappa shape index (κ3) is 3.99. The number of aromatic nitrogens is 4. The number of para-hydroxylation sites is 2. The SMILES string of the molecule is CC(C)(C)c1ccnc(-n2c3ccccc3c3ccc(Oc4cccc(-n5[c-][n+]6c7c(cccc75)CCC6)c4)cc32)c1. The van der Waals surface area contributed by atoms with Crippen LogP contribution in [0.5, 0.6) is 11.5 Å². The van der Waals surface area contributed by atoms with Crippen molar-refractivity contribution in [3.63, 3.8) is 0 Å². The van der Waals surface area contributed by atoms with Crippen LogP contribution in [0.3, 0.4) is 0 Å². The van der Waals surface area contributed by atoms with Gasteiger partial charge in [-0.15, -0.1) is 0 Å². The van der Waals surface area contributed by atoms with Gasteiger partial charge in [-0.1, -0.05) is 69.3 Å². The van der Waals surface area contributed by atoms with E-state index >= 15 is 0 Å². The van der Waals surface area contributed by atoms with Crippen molar-refractivity contribution in [2.45, 2.75) is 45.6 Å². The summed E-state index contributed by atoms with van der Waals surface area (Å²) in [5, 5.41) is 2.37. The Morgan fingerprint density at radius 2 is 1.60 bits per heavy atom. The van der Waals surface area contributed by atoms with Crippen LogP contribution in [0.25, 0.3) is 44.3 Å². The van der Waals surface area contributed by atoms with Crippen molar-refractivity contribution in [3.05, 3.63) is 121 Å². The van der Waals surface area contributed by atoms with Crippen molar-refractivity contribution in [3.8, 4) is 23.0 Å². The average Bonchev–Trinajstić information content (AvgIpc) is 3.54. The van der Waals surface area contributed by atoms with Gasteiger partial charge in [0.15, 0.2) is 0 Å². The smallest absolute Gasteiger partial charge is 0.244 e. The Balaban J connectivity index is 1.22. The molecule has 5 nitrogen and oxygen atoms in total. The van der Waals surface area contributed by atoms with E-state index in [1.54, 1.807) is 0 Å². The van der Waals surface area contributed by atoms with Gasteiger partial charge in [-0.25, -0.2) is 4.98 Å². The highest BCUT2D eigenvalue weighted by molar-refractivity contribution is 6.09. The minimum atomic E-state index is 0.0246. The van der Waals surface area contributed by atoms with Gasteiger partial charge in [-0.05, 0) is 71.8 Å². The zero-order valence-electron chi connectivity index (χ0n) is 24.1. The fraction of sp³-hybridized carbons (Fsp3) is 0.189. The van der Waals surface area contributed by atoms with Crippen LogP contribution < -0.4 is 9.30 Å². The number of nitrogens with zero attached hydrogens (tertiary/aromatic N) is 4. The third-order valence-corrected chi connectivity index (χ3v) is 8.46. The Labute approximate surface area is 245 Å². The molecule has 0 unspecified atom stereocenters. The van der Waals surface area contributed by atoms with Crippen LogP contribution in [0.2, 0.25) is 0 Å². The van der Waals surface area contributed by atoms with Gasteiger partial charge in [0, 0.05) is 23.0 Å². The number of aryl methyl sites for hydroxylation is 2. The van der Waals surface area contributed by atoms with Crippen molar-refractivity contribution < 1.29 is 9.30 Å². The quantitative estimate of drug-likeness (QED) is 0.164. The molecule has 42 heavy (non-hydrogen) atoms. The summed E-state index contributed by atoms with van der Waals surface area (Å²) in [7, 11) is 0. The Bertz CT molecular complexity index is 2140. The fourth-order valence-electron chi connectivity index (χ4n) is 6.37. The second-order valence-electron chi connectivity index (χ2n) is 12.3. The first-order chi connectivity index (χ1) is 20.4. The third-order valence-electron chi connectivity index (χ3n) is 8.46. The maximum absolute atomic E-state index is 6.53. The number of ether oxygens (including phenoxy) is 1. The summed E-state index contributed by atoms with van der Waals surface area (Å²) >= 11 is 0. The Morgan fingerprint density at radius 1 is 0.786 bits per heavy atom. The van der Waals surface area contributed by atoms with Crippen LogP contribution in [-0.4, -0.2) is 14.1 Å². The summed E-state index contributed by atoms with van der Waals surface area (Å²) in [6, 6.07) is 34.0. The van der Waals surface area contributed by atoms with Gasteiger partial charge in [0.2, 0.25) is 6.33 Å². The lowest BCUT2D eigenvalue weighted by Gasteiger charge is -2.20. The number of imidazole rings is 1. The van der Waals surface area contributed by atoms with Crippen molar-refractivity contribution >= 4 is 32.8 Å². The second-order valence-corrected chi connectivity index (χ2v) is 12.3. The summed E-state index contributed by atoms with van der Waals surface area (Å²) in [6.07, 6.45) is 7.77. The van der Waals surface area contributed by atoms with E-state index in [1.165, 1.54) is 32.9 Å². The Hall–Kier alpha value is -4.90. The Morgan fingerprint density at radius 3 is 2.50 bits per heavy atom. The molecule has 0 spiro atoms. The molecule has 0 radical (unpaired) electrons. The average molecular weight is 549 g/mol. The maximum Gasteiger partial charge on any atom is 0.244 e. The highest BCUT2D eigenvalue weighted by Crippen LogP contribution is 2.36. The molecule has 206 valence electrons. The predicted molar refractivity (Wildman–Crippen MR) is 168 cm³/mol. The van der Waals surface area contributed by atoms with Crippen LogP contribution >= 0.6 is 0 Å². The van der Waals surface area contributed by atoms with E-state index in [2.05, 4.69) is 132 Å². The summed E-state index contributed by atoms with van der Waals surface area (Å²) < 4.78 is 13.2. The first-order valence-electron chi connectivity index (χ1n) is 14.7. The highest BCUT2D eigenvalue weighted by Gasteiger charge is 2.19. The number of benzene rings is 4. The minimum Gasteiger partial charge on any atom is -0.458 e. The van der Waals surface area contributed by atoms with Gasteiger partial charge in [-0.2, -0.15) is 0 Å². The van der Waals surface area contributed by atoms with Gasteiger partial charge >= 0.3 is 0 Å². The molecule has 0 bridgehead atoms. The van der Waals surface area contributed by atoms with E-state index in [0.29, 0.717) is 0 Å². The molecule has 8 rings (SSSR count). The van der Waals surface area contributed by atoms with Gasteiger partial charge < -0.3 is 13.9 Å². The molecule has 3 aromatic heterocycles. The summed E-state index contributed by atoms with van der Waals surface area (Å²) in [5.74, 6) is 2.48. The molecule has 0 saturated heterocycles. The zero-order chi connectivity index (χ0) is 28.4. The van der Waals surface area contributed by atoms with E-state index in [0.717, 1.165) is 53.4 Å². The van der Waals surface area contributed by atoms with Gasteiger partial charge in [-0.3, -0.25) is 4.57 Å². The predicted octanol–water partition coefficient (Wildman–Crippen LogP) is 8.25. The minimum absolute atomic E-state index is 0.0246. The molecule has 4 heterocycles. The van der Waals surface area contributed by atoms with Crippen molar-refractivity contribution in [1.29, 1.82) is 0 Å². The molecular formula is C37H32N4O. The van der Waals surface area contributed by atoms with E-state index < -0.39 is 0 Å². The molecule has 0 fully saturated rings. The number of hydrogen-bond acceptors (Lipinski definition) is 2. The van der Waals surface area contributed by atoms with Crippen LogP contribution in [-0.2, 0) is 18.4 Å². The molecular weight excluding hydrogens is 516 g/mol. The number of pyridine rings is 1. The van der Waals surface area contributed by atoms with Crippen LogP contribution in [0.1, 0.15) is 38.3 Å². The zero-order valence-corrected chi connectivity index (χ0v) is 24.1. The molecule has 4 aromatic carbocycles. The van der Waals surface area contributed by atoms with Crippen LogP contribution in [0, 0.1) is 6.33 Å². The van der Waals surface area contributed by atoms with Gasteiger partial charge in [0.1, 0.15) is 17.3 Å². The first kappa shape index (κ1) is 24.9. The lowest BCUT2D eigenvalue weighted by atomic mass is 9.88. The standard InChI is InChI=1S/C37H32N4O/c1-37(2,3)26-18-19-38-35(21-26)41-32-14-5-4-13-30(32)31-17-16-29(23-34(31)41)42-28-12-7-11-27(22-28)40-24-39-20-8-10-25-9-6-15-33(40)36(25)39/h4-7,9,11-19,21-23H,8,10,20H2,1-3H3. The maximum atomic E-state index is 6.53. The lowest BCUT2D eigenvalue weighted by Crippen LogP contribution is -2.36. The molecule has 0 amide bonds. The van der Waals surface area contributed by atoms with Gasteiger partial charge in [0.25, 0.3) is 0 Å². The number of fused-ring (bicyclic) bond motifs is 3. The largest absolute Gasteiger partial charge is 0.458 e. The summed E-state index contributed by atoms with van der Waals surface area (Å²) in [4.78, 5) is 4.81. The van der Waals surface area contributed by atoms with Crippen molar-refractivity contribution in [1.82, 2.24) is 14.1 Å². The van der Waals surface area contributed by atoms with E-state index in [-0.39, 0.29) is 5.41 Å². The highest BCUT2D eigenvalue weighted by atomic mass is 16.5. The topological polar surface area (TPSA) is 35.9 Å². The number of hydrogen-bond donors (Lipinski definition) is 0. The molecule has 0 saturated carbocycles. The molecule has 7 aromatic rings. The molecule has 0 aliphatic carbocycles. The lowest BCUT2D eigenvalue weighted by molar-refractivity contribution is -0.679. The van der Waals surface area contributed by atoms with Crippen molar-refractivity contribution in [2.75, 3.05) is 0 Å². The molecule has 0 atom stereocenters. The molecule has 0 N–H and O–H groups in total. The second kappa shape index (κ2) is 9.31. The van der Waals surface area contributed by atoms with E-state index in [9.17, 15) is 0 Å².